The highest BCUT2D eigenvalue weighted by Gasteiger charge is 2.45. The molecule has 0 saturated carbocycles. The molecule has 2 rings (SSSR count). The number of benzene rings is 2. The predicted octanol–water partition coefficient (Wildman–Crippen LogP) is 7.72. The summed E-state index contributed by atoms with van der Waals surface area (Å²) >= 11 is 0. The smallest absolute Gasteiger partial charge is 0.428 e. The molecule has 0 atom stereocenters. The predicted molar refractivity (Wildman–Crippen MR) is 107 cm³/mol. The number of alkyl halides is 8. The zero-order valence-electron chi connectivity index (χ0n) is 18.8. The Kier molecular flexibility index (Phi) is 7.31. The van der Waals surface area contributed by atoms with Gasteiger partial charge in [-0.15, -0.1) is 0 Å². The Morgan fingerprint density at radius 2 is 0.818 bits per heavy atom. The van der Waals surface area contributed by atoms with Crippen LogP contribution in [0, 0.1) is 27.7 Å². The van der Waals surface area contributed by atoms with E-state index in [2.05, 4.69) is 9.47 Å². The fourth-order valence-corrected chi connectivity index (χ4v) is 3.47. The van der Waals surface area contributed by atoms with Gasteiger partial charge in [-0.2, -0.15) is 35.1 Å². The molecule has 10 heteroatoms. The summed E-state index contributed by atoms with van der Waals surface area (Å²) < 4.78 is 112. The molecule has 2 aromatic rings. The summed E-state index contributed by atoms with van der Waals surface area (Å²) in [6.07, 6.45) is -17.3. The van der Waals surface area contributed by atoms with E-state index in [4.69, 9.17) is 0 Å². The molecule has 0 saturated heterocycles. The molecule has 184 valence electrons. The van der Waals surface area contributed by atoms with Crippen LogP contribution in [-0.4, -0.2) is 25.1 Å². The molecule has 0 aromatic heterocycles. The van der Waals surface area contributed by atoms with Crippen molar-refractivity contribution in [2.75, 3.05) is 0 Å². The van der Waals surface area contributed by atoms with Gasteiger partial charge in [0.15, 0.2) is 0 Å². The Bertz CT molecular complexity index is 890. The van der Waals surface area contributed by atoms with Crippen LogP contribution in [0.2, 0.25) is 0 Å². The van der Waals surface area contributed by atoms with Crippen LogP contribution in [0.4, 0.5) is 35.1 Å². The molecule has 0 unspecified atom stereocenters. The highest BCUT2D eigenvalue weighted by Crippen LogP contribution is 2.41. The number of halogens is 8. The van der Waals surface area contributed by atoms with E-state index < -0.39 is 30.5 Å². The average Bonchev–Trinajstić information content (AvgIpc) is 2.66. The number of aryl methyl sites for hydroxylation is 4. The molecule has 0 radical (unpaired) electrons. The van der Waals surface area contributed by atoms with Crippen molar-refractivity contribution in [3.05, 3.63) is 57.6 Å². The maximum absolute atomic E-state index is 13.4. The first-order valence-corrected chi connectivity index (χ1v) is 9.83. The summed E-state index contributed by atoms with van der Waals surface area (Å²) in [7, 11) is 0. The van der Waals surface area contributed by atoms with E-state index in [1.165, 1.54) is 52.0 Å². The molecular weight excluding hydrogens is 460 g/mol. The molecule has 0 aliphatic heterocycles. The number of hydrogen-bond acceptors (Lipinski definition) is 2. The van der Waals surface area contributed by atoms with Crippen LogP contribution < -0.4 is 9.47 Å². The van der Waals surface area contributed by atoms with Gasteiger partial charge in [-0.1, -0.05) is 38.1 Å². The minimum absolute atomic E-state index is 0.198. The van der Waals surface area contributed by atoms with Crippen LogP contribution >= 0.6 is 0 Å². The van der Waals surface area contributed by atoms with Crippen molar-refractivity contribution >= 4 is 0 Å². The topological polar surface area (TPSA) is 18.5 Å². The highest BCUT2D eigenvalue weighted by atomic mass is 19.3. The Morgan fingerprint density at radius 1 is 0.576 bits per heavy atom. The van der Waals surface area contributed by atoms with Crippen LogP contribution in [-0.2, 0) is 5.41 Å². The number of rotatable bonds is 8. The summed E-state index contributed by atoms with van der Waals surface area (Å²) in [5.74, 6) is -0.740. The third kappa shape index (κ3) is 5.52. The lowest BCUT2D eigenvalue weighted by molar-refractivity contribution is -0.253. The van der Waals surface area contributed by atoms with Crippen molar-refractivity contribution in [1.82, 2.24) is 0 Å². The van der Waals surface area contributed by atoms with Gasteiger partial charge in [0.2, 0.25) is 0 Å². The molecule has 33 heavy (non-hydrogen) atoms. The summed E-state index contributed by atoms with van der Waals surface area (Å²) in [5.41, 5.74) is 1.20. The second kappa shape index (κ2) is 9.02. The van der Waals surface area contributed by atoms with Crippen molar-refractivity contribution in [2.24, 2.45) is 0 Å². The van der Waals surface area contributed by atoms with Crippen molar-refractivity contribution in [2.45, 2.75) is 72.0 Å². The molecule has 0 heterocycles. The summed E-state index contributed by atoms with van der Waals surface area (Å²) in [5, 5.41) is 0. The highest BCUT2D eigenvalue weighted by molar-refractivity contribution is 5.52. The Labute approximate surface area is 186 Å². The summed E-state index contributed by atoms with van der Waals surface area (Å²) in [4.78, 5) is 0. The maximum Gasteiger partial charge on any atom is 0.461 e. The lowest BCUT2D eigenvalue weighted by atomic mass is 9.76. The van der Waals surface area contributed by atoms with Gasteiger partial charge in [0, 0.05) is 5.41 Å². The van der Waals surface area contributed by atoms with Crippen LogP contribution in [0.1, 0.15) is 47.2 Å². The van der Waals surface area contributed by atoms with Crippen LogP contribution in [0.5, 0.6) is 11.5 Å². The lowest BCUT2D eigenvalue weighted by Crippen LogP contribution is -2.34. The van der Waals surface area contributed by atoms with Crippen molar-refractivity contribution in [3.8, 4) is 11.5 Å². The number of ether oxygens (including phenoxy) is 2. The third-order valence-electron chi connectivity index (χ3n) is 5.35. The van der Waals surface area contributed by atoms with Crippen LogP contribution in [0.25, 0.3) is 0 Å². The van der Waals surface area contributed by atoms with E-state index in [-0.39, 0.29) is 33.8 Å². The van der Waals surface area contributed by atoms with Gasteiger partial charge in [-0.3, -0.25) is 0 Å². The van der Waals surface area contributed by atoms with E-state index in [0.717, 1.165) is 0 Å². The molecule has 0 bridgehead atoms. The largest absolute Gasteiger partial charge is 0.461 e. The molecule has 0 spiro atoms. The standard InChI is InChI=1S/C23H24F8O2/c1-11-7-15(8-12(2)17(11)32-22(28,29)19(24)25)21(5,6)16-9-13(3)18(14(4)10-16)33-23(30,31)20(26)27/h7-10,19-20H,1-6H3. The first kappa shape index (κ1) is 26.7. The van der Waals surface area contributed by atoms with Gasteiger partial charge in [-0.05, 0) is 61.1 Å². The fourth-order valence-electron chi connectivity index (χ4n) is 3.47. The van der Waals surface area contributed by atoms with Gasteiger partial charge < -0.3 is 9.47 Å². The molecule has 0 aliphatic rings. The van der Waals surface area contributed by atoms with E-state index in [0.29, 0.717) is 11.1 Å². The summed E-state index contributed by atoms with van der Waals surface area (Å²) in [6, 6.07) is 6.02. The fraction of sp³-hybridized carbons (Fsp3) is 0.478. The van der Waals surface area contributed by atoms with Crippen LogP contribution in [0.15, 0.2) is 24.3 Å². The maximum atomic E-state index is 13.4. The van der Waals surface area contributed by atoms with E-state index >= 15 is 0 Å². The third-order valence-corrected chi connectivity index (χ3v) is 5.35. The first-order valence-electron chi connectivity index (χ1n) is 9.83. The molecular formula is C23H24F8O2. The van der Waals surface area contributed by atoms with Gasteiger partial charge in [-0.25, -0.2) is 0 Å². The monoisotopic (exact) mass is 484 g/mol. The molecule has 2 nitrogen and oxygen atoms in total. The average molecular weight is 484 g/mol. The number of hydrogen-bond donors (Lipinski definition) is 0. The van der Waals surface area contributed by atoms with Crippen LogP contribution in [0.3, 0.4) is 0 Å². The van der Waals surface area contributed by atoms with Gasteiger partial charge in [0.1, 0.15) is 11.5 Å². The lowest BCUT2D eigenvalue weighted by Gasteiger charge is -2.30. The second-order valence-corrected chi connectivity index (χ2v) is 8.43. The second-order valence-electron chi connectivity index (χ2n) is 8.43. The van der Waals surface area contributed by atoms with Gasteiger partial charge >= 0.3 is 25.1 Å². The minimum atomic E-state index is -4.66. The molecule has 2 aromatic carbocycles. The van der Waals surface area contributed by atoms with E-state index in [9.17, 15) is 35.1 Å². The zero-order valence-corrected chi connectivity index (χ0v) is 18.8. The molecule has 0 fully saturated rings. The van der Waals surface area contributed by atoms with Crippen molar-refractivity contribution < 1.29 is 44.6 Å². The normalized spacial score (nSPS) is 13.1. The van der Waals surface area contributed by atoms with Gasteiger partial charge in [0.05, 0.1) is 0 Å². The van der Waals surface area contributed by atoms with E-state index in [1.54, 1.807) is 13.8 Å². The first-order chi connectivity index (χ1) is 14.9. The van der Waals surface area contributed by atoms with Gasteiger partial charge in [0.25, 0.3) is 0 Å². The Balaban J connectivity index is 2.48. The quantitative estimate of drug-likeness (QED) is 0.357. The molecule has 0 aliphatic carbocycles. The summed E-state index contributed by atoms with van der Waals surface area (Å²) in [6.45, 7) is 9.29. The molecule has 0 N–H and O–H groups in total. The SMILES string of the molecule is Cc1cc(C(C)(C)c2cc(C)c(OC(F)(F)C(F)F)c(C)c2)cc(C)c1OC(F)(F)C(F)F. The minimum Gasteiger partial charge on any atom is -0.428 e. The van der Waals surface area contributed by atoms with Crippen molar-refractivity contribution in [3.63, 3.8) is 0 Å². The van der Waals surface area contributed by atoms with E-state index in [1.807, 2.05) is 0 Å². The zero-order chi connectivity index (χ0) is 25.5. The van der Waals surface area contributed by atoms with Crippen molar-refractivity contribution in [1.29, 1.82) is 0 Å². The Hall–Kier alpha value is -2.52. The Morgan fingerprint density at radius 3 is 1.03 bits per heavy atom. The molecule has 0 amide bonds.